The zero-order chi connectivity index (χ0) is 19.4. The van der Waals surface area contributed by atoms with Crippen molar-refractivity contribution in [3.63, 3.8) is 0 Å². The number of amides is 1. The molecule has 0 radical (unpaired) electrons. The second-order valence-corrected chi connectivity index (χ2v) is 5.77. The van der Waals surface area contributed by atoms with Crippen LogP contribution in [0.5, 0.6) is 11.5 Å². The van der Waals surface area contributed by atoms with Crippen LogP contribution in [0, 0.1) is 6.92 Å². The fraction of sp³-hybridized carbons (Fsp3) is 0.200. The number of aryl methyl sites for hydroxylation is 1. The molecule has 0 fully saturated rings. The van der Waals surface area contributed by atoms with Gasteiger partial charge in [-0.3, -0.25) is 4.79 Å². The summed E-state index contributed by atoms with van der Waals surface area (Å²) in [7, 11) is 3.10. The van der Waals surface area contributed by atoms with E-state index in [1.165, 1.54) is 7.11 Å². The van der Waals surface area contributed by atoms with E-state index in [9.17, 15) is 9.59 Å². The molecule has 1 amide bonds. The average molecular weight is 369 g/mol. The monoisotopic (exact) mass is 369 g/mol. The number of hydrogen-bond donors (Lipinski definition) is 1. The van der Waals surface area contributed by atoms with Crippen LogP contribution in [0.3, 0.4) is 0 Å². The molecule has 0 spiro atoms. The molecule has 1 heterocycles. The van der Waals surface area contributed by atoms with Gasteiger partial charge in [-0.05, 0) is 37.3 Å². The Balaban J connectivity index is 1.66. The molecule has 7 nitrogen and oxygen atoms in total. The third kappa shape index (κ3) is 4.03. The molecule has 1 aromatic heterocycles. The quantitative estimate of drug-likeness (QED) is 0.669. The van der Waals surface area contributed by atoms with Crippen molar-refractivity contribution in [2.24, 2.45) is 0 Å². The number of fused-ring (bicyclic) bond motifs is 1. The van der Waals surface area contributed by atoms with Gasteiger partial charge in [0.25, 0.3) is 5.91 Å². The van der Waals surface area contributed by atoms with Crippen LogP contribution in [0.15, 0.2) is 46.9 Å². The summed E-state index contributed by atoms with van der Waals surface area (Å²) in [6.07, 6.45) is 0. The van der Waals surface area contributed by atoms with E-state index in [2.05, 4.69) is 5.32 Å². The Labute approximate surface area is 155 Å². The Morgan fingerprint density at radius 3 is 2.52 bits per heavy atom. The summed E-state index contributed by atoms with van der Waals surface area (Å²) in [6.45, 7) is 1.31. The molecule has 1 N–H and O–H groups in total. The lowest BCUT2D eigenvalue weighted by Crippen LogP contribution is -2.21. The summed E-state index contributed by atoms with van der Waals surface area (Å²) in [4.78, 5) is 24.3. The molecule has 3 aromatic rings. The van der Waals surface area contributed by atoms with Crippen LogP contribution in [0.1, 0.15) is 16.1 Å². The standard InChI is InChI=1S/C20H19NO6/c1-12-16-10-15(25-3)7-8-17(16)27-19(12)20(23)26-11-18(22)21-13-5-4-6-14(9-13)24-2/h4-10H,11H2,1-3H3,(H,21,22). The fourth-order valence-corrected chi connectivity index (χ4v) is 2.62. The minimum absolute atomic E-state index is 0.0624. The predicted octanol–water partition coefficient (Wildman–Crippen LogP) is 3.55. The highest BCUT2D eigenvalue weighted by atomic mass is 16.5. The van der Waals surface area contributed by atoms with E-state index < -0.39 is 18.5 Å². The SMILES string of the molecule is COc1cccc(NC(=O)COC(=O)c2oc3ccc(OC)cc3c2C)c1. The molecule has 3 rings (SSSR count). The normalized spacial score (nSPS) is 10.5. The zero-order valence-corrected chi connectivity index (χ0v) is 15.2. The molecule has 2 aromatic carbocycles. The number of hydrogen-bond acceptors (Lipinski definition) is 6. The van der Waals surface area contributed by atoms with E-state index in [1.807, 2.05) is 0 Å². The minimum atomic E-state index is -0.705. The molecule has 0 saturated carbocycles. The van der Waals surface area contributed by atoms with Crippen molar-refractivity contribution < 1.29 is 28.2 Å². The van der Waals surface area contributed by atoms with Gasteiger partial charge in [0.05, 0.1) is 14.2 Å². The number of ether oxygens (including phenoxy) is 3. The van der Waals surface area contributed by atoms with Gasteiger partial charge in [0, 0.05) is 22.7 Å². The van der Waals surface area contributed by atoms with E-state index in [-0.39, 0.29) is 5.76 Å². The number of furan rings is 1. The first-order valence-corrected chi connectivity index (χ1v) is 8.20. The van der Waals surface area contributed by atoms with Gasteiger partial charge < -0.3 is 23.9 Å². The molecule has 0 aliphatic carbocycles. The lowest BCUT2D eigenvalue weighted by Gasteiger charge is -2.07. The molecule has 0 aliphatic heterocycles. The van der Waals surface area contributed by atoms with Gasteiger partial charge in [0.1, 0.15) is 17.1 Å². The lowest BCUT2D eigenvalue weighted by molar-refractivity contribution is -0.119. The van der Waals surface area contributed by atoms with Gasteiger partial charge >= 0.3 is 5.97 Å². The number of benzene rings is 2. The average Bonchev–Trinajstić information content (AvgIpc) is 3.02. The Hall–Kier alpha value is -3.48. The third-order valence-corrected chi connectivity index (χ3v) is 4.02. The zero-order valence-electron chi connectivity index (χ0n) is 15.2. The van der Waals surface area contributed by atoms with Crippen LogP contribution >= 0.6 is 0 Å². The number of nitrogens with one attached hydrogen (secondary N) is 1. The Morgan fingerprint density at radius 2 is 1.78 bits per heavy atom. The van der Waals surface area contributed by atoms with Crippen LogP contribution in [0.2, 0.25) is 0 Å². The Morgan fingerprint density at radius 1 is 1.04 bits per heavy atom. The summed E-state index contributed by atoms with van der Waals surface area (Å²) in [5, 5.41) is 3.39. The van der Waals surface area contributed by atoms with Crippen LogP contribution in [0.25, 0.3) is 11.0 Å². The minimum Gasteiger partial charge on any atom is -0.497 e. The molecule has 0 aliphatic rings. The lowest BCUT2D eigenvalue weighted by atomic mass is 10.1. The van der Waals surface area contributed by atoms with Gasteiger partial charge in [-0.15, -0.1) is 0 Å². The predicted molar refractivity (Wildman–Crippen MR) is 99.4 cm³/mol. The number of carbonyl (C=O) groups excluding carboxylic acids is 2. The van der Waals surface area contributed by atoms with Crippen molar-refractivity contribution >= 4 is 28.5 Å². The third-order valence-electron chi connectivity index (χ3n) is 4.02. The van der Waals surface area contributed by atoms with Gasteiger partial charge in [-0.1, -0.05) is 6.07 Å². The second-order valence-electron chi connectivity index (χ2n) is 5.77. The highest BCUT2D eigenvalue weighted by molar-refractivity contribution is 5.98. The number of methoxy groups -OCH3 is 2. The first-order chi connectivity index (χ1) is 13.0. The maximum absolute atomic E-state index is 12.3. The van der Waals surface area contributed by atoms with E-state index in [1.54, 1.807) is 56.5 Å². The molecule has 0 bridgehead atoms. The number of anilines is 1. The summed E-state index contributed by atoms with van der Waals surface area (Å²) < 4.78 is 20.9. The first kappa shape index (κ1) is 18.3. The Bertz CT molecular complexity index is 991. The van der Waals surface area contributed by atoms with Crippen molar-refractivity contribution in [3.8, 4) is 11.5 Å². The molecule has 27 heavy (non-hydrogen) atoms. The maximum Gasteiger partial charge on any atom is 0.375 e. The van der Waals surface area contributed by atoms with Crippen LogP contribution < -0.4 is 14.8 Å². The highest BCUT2D eigenvalue weighted by Gasteiger charge is 2.20. The molecule has 140 valence electrons. The van der Waals surface area contributed by atoms with E-state index in [0.29, 0.717) is 28.3 Å². The molecule has 0 saturated heterocycles. The highest BCUT2D eigenvalue weighted by Crippen LogP contribution is 2.29. The first-order valence-electron chi connectivity index (χ1n) is 8.20. The molecule has 0 unspecified atom stereocenters. The topological polar surface area (TPSA) is 87.0 Å². The molecular weight excluding hydrogens is 350 g/mol. The van der Waals surface area contributed by atoms with Crippen molar-refractivity contribution in [2.45, 2.75) is 6.92 Å². The number of carbonyl (C=O) groups is 2. The van der Waals surface area contributed by atoms with Crippen molar-refractivity contribution in [3.05, 3.63) is 53.8 Å². The van der Waals surface area contributed by atoms with Crippen LogP contribution in [-0.4, -0.2) is 32.7 Å². The smallest absolute Gasteiger partial charge is 0.375 e. The second kappa shape index (κ2) is 7.82. The van der Waals surface area contributed by atoms with Gasteiger partial charge in [0.2, 0.25) is 5.76 Å². The largest absolute Gasteiger partial charge is 0.497 e. The number of esters is 1. The van der Waals surface area contributed by atoms with E-state index >= 15 is 0 Å². The summed E-state index contributed by atoms with van der Waals surface area (Å²) in [6, 6.07) is 12.1. The van der Waals surface area contributed by atoms with Crippen molar-refractivity contribution in [1.29, 1.82) is 0 Å². The van der Waals surface area contributed by atoms with Gasteiger partial charge in [-0.25, -0.2) is 4.79 Å². The van der Waals surface area contributed by atoms with E-state index in [4.69, 9.17) is 18.6 Å². The van der Waals surface area contributed by atoms with Crippen LogP contribution in [-0.2, 0) is 9.53 Å². The van der Waals surface area contributed by atoms with Gasteiger partial charge in [-0.2, -0.15) is 0 Å². The fourth-order valence-electron chi connectivity index (χ4n) is 2.62. The summed E-state index contributed by atoms with van der Waals surface area (Å²) in [5.74, 6) is 0.157. The summed E-state index contributed by atoms with van der Waals surface area (Å²) >= 11 is 0. The van der Waals surface area contributed by atoms with Crippen LogP contribution in [0.4, 0.5) is 5.69 Å². The molecule has 7 heteroatoms. The van der Waals surface area contributed by atoms with Gasteiger partial charge in [0.15, 0.2) is 6.61 Å². The maximum atomic E-state index is 12.3. The molecular formula is C20H19NO6. The van der Waals surface area contributed by atoms with Crippen molar-refractivity contribution in [1.82, 2.24) is 0 Å². The van der Waals surface area contributed by atoms with Crippen molar-refractivity contribution in [2.75, 3.05) is 26.1 Å². The summed E-state index contributed by atoms with van der Waals surface area (Å²) in [5.41, 5.74) is 1.71. The molecule has 0 atom stereocenters. The van der Waals surface area contributed by atoms with E-state index in [0.717, 1.165) is 5.39 Å². The number of rotatable bonds is 6. The Kier molecular flexibility index (Phi) is 5.30.